The highest BCUT2D eigenvalue weighted by Gasteiger charge is 2.33. The normalized spacial score (nSPS) is 11.9. The molecule has 2 aromatic carbocycles. The molecule has 0 bridgehead atoms. The number of alkyl halides is 3. The first-order chi connectivity index (χ1) is 11.3. The highest BCUT2D eigenvalue weighted by atomic mass is 19.4. The maximum absolute atomic E-state index is 13.2. The Morgan fingerprint density at radius 1 is 1.04 bits per heavy atom. The first kappa shape index (κ1) is 16.2. The Hall–Kier alpha value is -2.63. The number of anilines is 1. The Balaban J connectivity index is 2.14. The summed E-state index contributed by atoms with van der Waals surface area (Å²) in [6.07, 6.45) is -3.17. The zero-order valence-corrected chi connectivity index (χ0v) is 12.8. The lowest BCUT2D eigenvalue weighted by atomic mass is 9.97. The Labute approximate surface area is 135 Å². The molecule has 0 saturated carbocycles. The van der Waals surface area contributed by atoms with Crippen LogP contribution < -0.4 is 5.73 Å². The third-order valence-electron chi connectivity index (χ3n) is 4.02. The van der Waals surface area contributed by atoms with Gasteiger partial charge in [0.1, 0.15) is 5.82 Å². The molecular formula is C18H14F4N2. The number of halogens is 4. The summed E-state index contributed by atoms with van der Waals surface area (Å²) in [7, 11) is 0. The van der Waals surface area contributed by atoms with Crippen LogP contribution >= 0.6 is 0 Å². The number of rotatable bonds is 2. The van der Waals surface area contributed by atoms with Gasteiger partial charge in [0.15, 0.2) is 0 Å². The fourth-order valence-electron chi connectivity index (χ4n) is 2.74. The van der Waals surface area contributed by atoms with Crippen LogP contribution in [0.15, 0.2) is 42.6 Å². The average molecular weight is 334 g/mol. The first-order valence-corrected chi connectivity index (χ1v) is 7.25. The molecule has 1 heterocycles. The maximum atomic E-state index is 13.2. The number of hydrogen-bond acceptors (Lipinski definition) is 2. The molecule has 2 nitrogen and oxygen atoms in total. The average Bonchev–Trinajstić information content (AvgIpc) is 2.52. The number of fused-ring (bicyclic) bond motifs is 1. The topological polar surface area (TPSA) is 38.9 Å². The molecule has 124 valence electrons. The molecule has 0 amide bonds. The predicted octanol–water partition coefficient (Wildman–Crippen LogP) is 4.87. The third-order valence-corrected chi connectivity index (χ3v) is 4.02. The molecule has 0 unspecified atom stereocenters. The van der Waals surface area contributed by atoms with E-state index in [2.05, 4.69) is 4.98 Å². The van der Waals surface area contributed by atoms with Crippen molar-refractivity contribution in [3.8, 4) is 0 Å². The summed E-state index contributed by atoms with van der Waals surface area (Å²) in [5.41, 5.74) is 6.96. The number of hydrogen-bond donors (Lipinski definition) is 1. The quantitative estimate of drug-likeness (QED) is 0.536. The number of benzene rings is 2. The van der Waals surface area contributed by atoms with E-state index in [1.807, 2.05) is 6.92 Å². The highest BCUT2D eigenvalue weighted by Crippen LogP contribution is 2.34. The lowest BCUT2D eigenvalue weighted by Gasteiger charge is -2.14. The minimum Gasteiger partial charge on any atom is -0.398 e. The van der Waals surface area contributed by atoms with Crippen LogP contribution in [0.2, 0.25) is 0 Å². The molecule has 6 heteroatoms. The van der Waals surface area contributed by atoms with Crippen LogP contribution in [0.3, 0.4) is 0 Å². The molecule has 0 atom stereocenters. The van der Waals surface area contributed by atoms with E-state index < -0.39 is 17.6 Å². The van der Waals surface area contributed by atoms with E-state index in [0.29, 0.717) is 22.8 Å². The van der Waals surface area contributed by atoms with E-state index in [0.717, 1.165) is 23.1 Å². The predicted molar refractivity (Wildman–Crippen MR) is 85.1 cm³/mol. The number of nitrogen functional groups attached to an aromatic ring is 1. The molecule has 0 saturated heterocycles. The van der Waals surface area contributed by atoms with Gasteiger partial charge in [0.25, 0.3) is 0 Å². The summed E-state index contributed by atoms with van der Waals surface area (Å²) in [4.78, 5) is 4.20. The second-order valence-corrected chi connectivity index (χ2v) is 5.62. The Morgan fingerprint density at radius 3 is 2.50 bits per heavy atom. The standard InChI is InChI=1S/C18H14F4N2/c1-10-2-5-13-14(17(10)23)6-7-24-16(13)8-11-3-4-12(19)9-15(11)18(20,21)22/h2-7,9H,8,23H2,1H3. The molecule has 0 spiro atoms. The van der Waals surface area contributed by atoms with Gasteiger partial charge in [-0.25, -0.2) is 4.39 Å². The van der Waals surface area contributed by atoms with Gasteiger partial charge in [-0.1, -0.05) is 18.2 Å². The van der Waals surface area contributed by atoms with Crippen molar-refractivity contribution in [3.05, 3.63) is 70.8 Å². The molecule has 0 fully saturated rings. The molecule has 0 radical (unpaired) electrons. The first-order valence-electron chi connectivity index (χ1n) is 7.25. The summed E-state index contributed by atoms with van der Waals surface area (Å²) in [6, 6.07) is 8.01. The zero-order valence-electron chi connectivity index (χ0n) is 12.8. The van der Waals surface area contributed by atoms with Gasteiger partial charge < -0.3 is 5.73 Å². The zero-order chi connectivity index (χ0) is 17.5. The van der Waals surface area contributed by atoms with E-state index in [4.69, 9.17) is 5.73 Å². The number of pyridine rings is 1. The van der Waals surface area contributed by atoms with Gasteiger partial charge in [-0.2, -0.15) is 13.2 Å². The van der Waals surface area contributed by atoms with Crippen LogP contribution in [-0.2, 0) is 12.6 Å². The second-order valence-electron chi connectivity index (χ2n) is 5.62. The Kier molecular flexibility index (Phi) is 3.91. The van der Waals surface area contributed by atoms with Crippen LogP contribution in [-0.4, -0.2) is 4.98 Å². The van der Waals surface area contributed by atoms with Gasteiger partial charge in [0, 0.05) is 29.1 Å². The minimum absolute atomic E-state index is 0.0250. The summed E-state index contributed by atoms with van der Waals surface area (Å²) >= 11 is 0. The van der Waals surface area contributed by atoms with Crippen molar-refractivity contribution < 1.29 is 17.6 Å². The minimum atomic E-state index is -4.63. The van der Waals surface area contributed by atoms with E-state index in [1.165, 1.54) is 6.20 Å². The summed E-state index contributed by atoms with van der Waals surface area (Å²) in [6.45, 7) is 1.86. The van der Waals surface area contributed by atoms with E-state index >= 15 is 0 Å². The SMILES string of the molecule is Cc1ccc2c(Cc3ccc(F)cc3C(F)(F)F)nccc2c1N. The molecule has 24 heavy (non-hydrogen) atoms. The van der Waals surface area contributed by atoms with Crippen molar-refractivity contribution in [1.29, 1.82) is 0 Å². The molecule has 2 N–H and O–H groups in total. The van der Waals surface area contributed by atoms with Crippen LogP contribution in [0.25, 0.3) is 10.8 Å². The largest absolute Gasteiger partial charge is 0.416 e. The Bertz CT molecular complexity index is 917. The molecule has 3 rings (SSSR count). The number of aromatic nitrogens is 1. The van der Waals surface area contributed by atoms with Gasteiger partial charge in [-0.3, -0.25) is 4.98 Å². The van der Waals surface area contributed by atoms with Crippen molar-refractivity contribution in [2.45, 2.75) is 19.5 Å². The van der Waals surface area contributed by atoms with Gasteiger partial charge in [-0.15, -0.1) is 0 Å². The van der Waals surface area contributed by atoms with Crippen molar-refractivity contribution >= 4 is 16.5 Å². The summed E-state index contributed by atoms with van der Waals surface area (Å²) in [5.74, 6) is -0.920. The van der Waals surface area contributed by atoms with Gasteiger partial charge >= 0.3 is 6.18 Å². The van der Waals surface area contributed by atoms with Gasteiger partial charge in [-0.05, 0) is 36.2 Å². The number of aryl methyl sites for hydroxylation is 1. The van der Waals surface area contributed by atoms with E-state index in [-0.39, 0.29) is 12.0 Å². The lowest BCUT2D eigenvalue weighted by molar-refractivity contribution is -0.138. The molecule has 3 aromatic rings. The van der Waals surface area contributed by atoms with E-state index in [1.54, 1.807) is 18.2 Å². The van der Waals surface area contributed by atoms with Crippen LogP contribution in [0.1, 0.15) is 22.4 Å². The second kappa shape index (κ2) is 5.78. The monoisotopic (exact) mass is 334 g/mol. The van der Waals surface area contributed by atoms with Crippen molar-refractivity contribution in [2.75, 3.05) is 5.73 Å². The number of nitrogens with zero attached hydrogens (tertiary/aromatic N) is 1. The van der Waals surface area contributed by atoms with E-state index in [9.17, 15) is 17.6 Å². The summed E-state index contributed by atoms with van der Waals surface area (Å²) in [5, 5.41) is 1.44. The highest BCUT2D eigenvalue weighted by molar-refractivity contribution is 5.95. The third kappa shape index (κ3) is 2.91. The molecule has 0 aliphatic rings. The van der Waals surface area contributed by atoms with Crippen molar-refractivity contribution in [2.24, 2.45) is 0 Å². The molecule has 1 aromatic heterocycles. The smallest absolute Gasteiger partial charge is 0.398 e. The Morgan fingerprint density at radius 2 is 1.79 bits per heavy atom. The molecular weight excluding hydrogens is 320 g/mol. The fraction of sp³-hybridized carbons (Fsp3) is 0.167. The fourth-order valence-corrected chi connectivity index (χ4v) is 2.74. The van der Waals surface area contributed by atoms with Crippen LogP contribution in [0.4, 0.5) is 23.2 Å². The van der Waals surface area contributed by atoms with Crippen molar-refractivity contribution in [1.82, 2.24) is 4.98 Å². The lowest BCUT2D eigenvalue weighted by Crippen LogP contribution is -2.10. The van der Waals surface area contributed by atoms with Gasteiger partial charge in [0.2, 0.25) is 0 Å². The maximum Gasteiger partial charge on any atom is 0.416 e. The number of nitrogens with two attached hydrogens (primary N) is 1. The molecule has 0 aliphatic heterocycles. The van der Waals surface area contributed by atoms with Crippen molar-refractivity contribution in [3.63, 3.8) is 0 Å². The van der Waals surface area contributed by atoms with Crippen LogP contribution in [0.5, 0.6) is 0 Å². The van der Waals surface area contributed by atoms with Crippen LogP contribution in [0, 0.1) is 12.7 Å². The molecule has 0 aliphatic carbocycles. The van der Waals surface area contributed by atoms with Gasteiger partial charge in [0.05, 0.1) is 11.3 Å². The summed E-state index contributed by atoms with van der Waals surface area (Å²) < 4.78 is 52.7.